The van der Waals surface area contributed by atoms with Crippen LogP contribution in [0.25, 0.3) is 44.1 Å². The minimum Gasteiger partial charge on any atom is -0.367 e. The first kappa shape index (κ1) is 79.9. The molecule has 0 saturated carbocycles. The summed E-state index contributed by atoms with van der Waals surface area (Å²) in [6.07, 6.45) is 24.7. The summed E-state index contributed by atoms with van der Waals surface area (Å²) in [4.78, 5) is 69.9. The number of piperidine rings is 4. The van der Waals surface area contributed by atoms with E-state index in [-0.39, 0.29) is 12.1 Å². The Hall–Kier alpha value is -9.36. The van der Waals surface area contributed by atoms with Crippen LogP contribution in [0.15, 0.2) is 158 Å². The molecule has 6 aliphatic heterocycles. The van der Waals surface area contributed by atoms with E-state index in [9.17, 15) is 0 Å². The Bertz CT molecular complexity index is 4900. The third-order valence-electron chi connectivity index (χ3n) is 25.5. The van der Waals surface area contributed by atoms with Gasteiger partial charge in [0.25, 0.3) is 0 Å². The highest BCUT2D eigenvalue weighted by atomic mass is 15.3. The smallest absolute Gasteiger partial charge is 0.127 e. The fraction of sp³-hybridized carbons (Fsp3) is 0.478. The van der Waals surface area contributed by atoms with E-state index in [1.807, 2.05) is 55.1 Å². The molecule has 0 aliphatic carbocycles. The number of anilines is 2. The SMILES string of the molecule is Cc1cccnc1[C@@H]1CCC[C@H](c2nc3c(N4CCN(C)CC4)cccc3[nH]2)N1C.Cc1cccnc1[C@@H]1CCC[C@H](c2nc3c(N4CCN(C)CC4)cccc3[nH]2)N1C.Cc1cccnc1[C@@H]1CCC[C@H](c2nc3ccccc3[nH]2)N1CCCCN.Cc1cccnc1[C@@H]1CCC[C@H](c2nc3ccccc3n2CCCN)N1C. The molecule has 0 bridgehead atoms. The normalized spacial score (nSPS) is 22.5. The molecule has 114 heavy (non-hydrogen) atoms. The number of nitrogens with zero attached hydrogens (tertiary/aromatic N) is 17. The number of aryl methyl sites for hydroxylation is 5. The number of nitrogens with one attached hydrogen (secondary N) is 3. The van der Waals surface area contributed by atoms with Gasteiger partial charge in [-0.2, -0.15) is 0 Å². The van der Waals surface area contributed by atoms with Gasteiger partial charge in [-0.25, -0.2) is 19.9 Å². The average Bonchev–Trinajstić information content (AvgIpc) is 1.61. The molecule has 6 saturated heterocycles. The molecule has 22 heteroatoms. The lowest BCUT2D eigenvalue weighted by atomic mass is 9.91. The number of H-pyrrole nitrogens is 3. The predicted octanol–water partition coefficient (Wildman–Crippen LogP) is 16.1. The molecule has 0 unspecified atom stereocenters. The zero-order valence-electron chi connectivity index (χ0n) is 69.0. The van der Waals surface area contributed by atoms with Gasteiger partial charge in [-0.05, 0) is 274 Å². The number of para-hydroxylation sites is 6. The highest BCUT2D eigenvalue weighted by Crippen LogP contribution is 2.46. The van der Waals surface area contributed by atoms with Gasteiger partial charge in [-0.1, -0.05) is 60.7 Å². The number of rotatable bonds is 17. The molecule has 6 aliphatic rings. The van der Waals surface area contributed by atoms with Gasteiger partial charge in [-0.3, -0.25) is 39.5 Å². The Labute approximate surface area is 674 Å². The lowest BCUT2D eigenvalue weighted by Gasteiger charge is -2.41. The van der Waals surface area contributed by atoms with Crippen LogP contribution in [0.2, 0.25) is 0 Å². The third kappa shape index (κ3) is 17.6. The lowest BCUT2D eigenvalue weighted by molar-refractivity contribution is 0.0729. The molecule has 0 spiro atoms. The zero-order chi connectivity index (χ0) is 78.8. The fourth-order valence-corrected chi connectivity index (χ4v) is 19.1. The van der Waals surface area contributed by atoms with Crippen molar-refractivity contribution in [3.8, 4) is 0 Å². The standard InChI is InChI=1S/2C24H32N6.2C22H29N5/c2*1-17-7-6-12-25-22(17)19-9-5-11-21(29(19)3)24-26-18-8-4-10-20(23(18)27-24)30-15-13-28(2)14-16-30;1-16-8-6-14-24-21(16)19-11-5-12-20(26(19)2)22-25-17-9-3-4-10-18(17)27(22)15-7-13-23;1-16-8-7-14-24-21(16)19-11-6-12-20(27(19)15-5-4-13-23)22-25-17-9-2-3-10-18(17)26-22/h2*4,6-8,10,12,19,21H,5,9,11,13-16H2,1-3H3,(H,26,27);3-4,6,8-10,14,19-20H,5,7,11-13,15,23H2,1-2H3;2-3,7-10,14,19-20H,4-6,11-13,15,23H2,1H3,(H,25,26)/t2*19-,21+;2*19-,20+/m0000/s1. The van der Waals surface area contributed by atoms with E-state index in [2.05, 4.69) is 225 Å². The van der Waals surface area contributed by atoms with E-state index in [0.29, 0.717) is 42.8 Å². The van der Waals surface area contributed by atoms with Crippen molar-refractivity contribution in [3.05, 3.63) is 227 Å². The summed E-state index contributed by atoms with van der Waals surface area (Å²) < 4.78 is 2.39. The van der Waals surface area contributed by atoms with E-state index in [1.54, 1.807) is 0 Å². The number of unbranched alkanes of at least 4 members (excludes halogenated alkanes) is 1. The molecular formula is C92H122N22. The van der Waals surface area contributed by atoms with Gasteiger partial charge in [0.1, 0.15) is 34.3 Å². The van der Waals surface area contributed by atoms with Crippen molar-refractivity contribution in [2.75, 3.05) is 117 Å². The van der Waals surface area contributed by atoms with E-state index in [1.165, 1.54) is 93.4 Å². The Balaban J connectivity index is 0.000000120. The summed E-state index contributed by atoms with van der Waals surface area (Å²) in [7, 11) is 11.1. The molecule has 8 aromatic heterocycles. The van der Waals surface area contributed by atoms with Crippen LogP contribution >= 0.6 is 0 Å². The van der Waals surface area contributed by atoms with Crippen molar-refractivity contribution < 1.29 is 0 Å². The molecule has 0 amide bonds. The van der Waals surface area contributed by atoms with Crippen LogP contribution in [0.4, 0.5) is 11.4 Å². The van der Waals surface area contributed by atoms with Crippen LogP contribution in [0.3, 0.4) is 0 Å². The number of imidazole rings is 4. The van der Waals surface area contributed by atoms with E-state index in [0.717, 1.165) is 199 Å². The molecule has 4 aromatic carbocycles. The minimum atomic E-state index is 0.290. The van der Waals surface area contributed by atoms with Crippen LogP contribution in [0.5, 0.6) is 0 Å². The van der Waals surface area contributed by atoms with Crippen LogP contribution in [-0.4, -0.2) is 196 Å². The van der Waals surface area contributed by atoms with Gasteiger partial charge < -0.3 is 50.6 Å². The fourth-order valence-electron chi connectivity index (χ4n) is 19.1. The summed E-state index contributed by atoms with van der Waals surface area (Å²) >= 11 is 0. The molecular weight excluding hydrogens is 1410 g/mol. The molecule has 14 heterocycles. The first-order valence-electron chi connectivity index (χ1n) is 42.4. The first-order chi connectivity index (χ1) is 55.7. The topological polar surface area (TPSA) is 233 Å². The summed E-state index contributed by atoms with van der Waals surface area (Å²) in [5.74, 6) is 4.44. The van der Waals surface area contributed by atoms with Gasteiger partial charge in [0.2, 0.25) is 0 Å². The van der Waals surface area contributed by atoms with Crippen LogP contribution in [0, 0.1) is 27.7 Å². The van der Waals surface area contributed by atoms with Gasteiger partial charge in [-0.15, -0.1) is 0 Å². The maximum absolute atomic E-state index is 5.81. The number of aromatic nitrogens is 12. The molecule has 7 N–H and O–H groups in total. The third-order valence-corrected chi connectivity index (χ3v) is 25.5. The van der Waals surface area contributed by atoms with E-state index in [4.69, 9.17) is 51.3 Å². The highest BCUT2D eigenvalue weighted by molar-refractivity contribution is 5.90. The molecule has 0 radical (unpaired) electrons. The van der Waals surface area contributed by atoms with Crippen molar-refractivity contribution in [1.29, 1.82) is 0 Å². The van der Waals surface area contributed by atoms with Gasteiger partial charge in [0.05, 0.1) is 116 Å². The average molecular weight is 1540 g/mol. The number of piperazine rings is 2. The number of benzene rings is 4. The molecule has 6 fully saturated rings. The Morgan fingerprint density at radius 2 is 0.746 bits per heavy atom. The summed E-state index contributed by atoms with van der Waals surface area (Å²) in [5.41, 5.74) is 33.0. The Kier molecular flexibility index (Phi) is 26.0. The molecule has 22 nitrogen and oxygen atoms in total. The van der Waals surface area contributed by atoms with Gasteiger partial charge in [0.15, 0.2) is 0 Å². The van der Waals surface area contributed by atoms with E-state index >= 15 is 0 Å². The van der Waals surface area contributed by atoms with Crippen LogP contribution in [0.1, 0.15) is 213 Å². The van der Waals surface area contributed by atoms with Crippen molar-refractivity contribution in [2.24, 2.45) is 11.5 Å². The second-order valence-corrected chi connectivity index (χ2v) is 33.0. The van der Waals surface area contributed by atoms with Crippen LogP contribution in [-0.2, 0) is 6.54 Å². The molecule has 8 atom stereocenters. The number of likely N-dealkylation sites (N-methyl/N-ethyl adjacent to an activating group) is 2. The number of nitrogens with two attached hydrogens (primary N) is 2. The van der Waals surface area contributed by atoms with Gasteiger partial charge >= 0.3 is 0 Å². The van der Waals surface area contributed by atoms with Crippen LogP contribution < -0.4 is 21.3 Å². The second kappa shape index (κ2) is 37.1. The number of likely N-dealkylation sites (tertiary alicyclic amines) is 4. The minimum absolute atomic E-state index is 0.290. The summed E-state index contributed by atoms with van der Waals surface area (Å²) in [6, 6.07) is 49.1. The number of hydrogen-bond acceptors (Lipinski definition) is 18. The Morgan fingerprint density at radius 1 is 0.351 bits per heavy atom. The molecule has 12 aromatic rings. The lowest BCUT2D eigenvalue weighted by Crippen LogP contribution is -2.44. The maximum atomic E-state index is 5.81. The summed E-state index contributed by atoms with van der Waals surface area (Å²) in [5, 5.41) is 0. The maximum Gasteiger partial charge on any atom is 0.127 e. The monoisotopic (exact) mass is 1540 g/mol. The Morgan fingerprint density at radius 3 is 1.22 bits per heavy atom. The molecule has 600 valence electrons. The molecule has 18 rings (SSSR count). The van der Waals surface area contributed by atoms with Crippen molar-refractivity contribution in [2.45, 2.75) is 179 Å². The van der Waals surface area contributed by atoms with Gasteiger partial charge in [0, 0.05) is 83.7 Å². The number of aromatic amines is 3. The quantitative estimate of drug-likeness (QED) is 0.0533. The predicted molar refractivity (Wildman–Crippen MR) is 463 cm³/mol. The number of fused-ring (bicyclic) bond motifs is 4. The highest BCUT2D eigenvalue weighted by Gasteiger charge is 2.39. The second-order valence-electron chi connectivity index (χ2n) is 33.0. The van der Waals surface area contributed by atoms with Crippen molar-refractivity contribution in [3.63, 3.8) is 0 Å². The van der Waals surface area contributed by atoms with E-state index < -0.39 is 0 Å². The van der Waals surface area contributed by atoms with Crippen molar-refractivity contribution >= 4 is 55.5 Å². The largest absolute Gasteiger partial charge is 0.367 e. The number of hydrogen-bond donors (Lipinski definition) is 5. The summed E-state index contributed by atoms with van der Waals surface area (Å²) in [6.45, 7) is 20.7. The zero-order valence-corrected chi connectivity index (χ0v) is 69.0. The van der Waals surface area contributed by atoms with Crippen molar-refractivity contribution in [1.82, 2.24) is 88.8 Å². The first-order valence-corrected chi connectivity index (χ1v) is 42.4. The number of pyridine rings is 4.